The van der Waals surface area contributed by atoms with E-state index in [9.17, 15) is 0 Å². The first kappa shape index (κ1) is 13.4. The molecule has 4 heteroatoms. The molecule has 0 saturated carbocycles. The highest BCUT2D eigenvalue weighted by Gasteiger charge is 2.09. The zero-order valence-electron chi connectivity index (χ0n) is 10.6. The van der Waals surface area contributed by atoms with E-state index >= 15 is 0 Å². The number of hydrogen-bond acceptors (Lipinski definition) is 3. The van der Waals surface area contributed by atoms with Crippen molar-refractivity contribution in [2.45, 2.75) is 19.5 Å². The maximum Gasteiger partial charge on any atom is 0.0642 e. The molecule has 0 saturated heterocycles. The summed E-state index contributed by atoms with van der Waals surface area (Å²) in [6.07, 6.45) is 0. The van der Waals surface area contributed by atoms with Gasteiger partial charge in [0.25, 0.3) is 0 Å². The number of anilines is 1. The highest BCUT2D eigenvalue weighted by molar-refractivity contribution is 7.09. The second kappa shape index (κ2) is 5.74. The molecule has 0 spiro atoms. The summed E-state index contributed by atoms with van der Waals surface area (Å²) >= 11 is 8.07. The van der Waals surface area contributed by atoms with Crippen LogP contribution in [0.5, 0.6) is 0 Å². The number of halogens is 1. The maximum absolute atomic E-state index is 6.31. The molecule has 0 amide bonds. The van der Waals surface area contributed by atoms with Gasteiger partial charge in [-0.15, -0.1) is 11.3 Å². The summed E-state index contributed by atoms with van der Waals surface area (Å²) in [6, 6.07) is 10.2. The Bertz CT molecular complexity index is 509. The molecule has 2 N–H and O–H groups in total. The molecule has 2 rings (SSSR count). The third-order valence-electron chi connectivity index (χ3n) is 2.88. The van der Waals surface area contributed by atoms with Gasteiger partial charge in [-0.25, -0.2) is 0 Å². The van der Waals surface area contributed by atoms with Gasteiger partial charge in [0.05, 0.1) is 17.3 Å². The number of hydrogen-bond donors (Lipinski definition) is 1. The molecule has 0 aliphatic carbocycles. The van der Waals surface area contributed by atoms with E-state index in [0.29, 0.717) is 0 Å². The van der Waals surface area contributed by atoms with E-state index in [1.165, 1.54) is 4.88 Å². The Labute approximate surface area is 117 Å². The van der Waals surface area contributed by atoms with Gasteiger partial charge >= 0.3 is 0 Å². The molecule has 1 atom stereocenters. The van der Waals surface area contributed by atoms with Gasteiger partial charge in [-0.05, 0) is 36.1 Å². The minimum Gasteiger partial charge on any atom is -0.368 e. The highest BCUT2D eigenvalue weighted by atomic mass is 35.5. The van der Waals surface area contributed by atoms with Crippen LogP contribution in [0.3, 0.4) is 0 Å². The van der Waals surface area contributed by atoms with Crippen molar-refractivity contribution in [3.8, 4) is 0 Å². The molecule has 0 aliphatic heterocycles. The van der Waals surface area contributed by atoms with Crippen molar-refractivity contribution in [3.63, 3.8) is 0 Å². The van der Waals surface area contributed by atoms with E-state index in [1.54, 1.807) is 11.3 Å². The van der Waals surface area contributed by atoms with Gasteiger partial charge in [0, 0.05) is 18.0 Å². The smallest absolute Gasteiger partial charge is 0.0642 e. The van der Waals surface area contributed by atoms with Crippen LogP contribution in [-0.4, -0.2) is 7.05 Å². The molecule has 0 fully saturated rings. The highest BCUT2D eigenvalue weighted by Crippen LogP contribution is 2.29. The lowest BCUT2D eigenvalue weighted by Gasteiger charge is -2.21. The number of benzene rings is 1. The van der Waals surface area contributed by atoms with E-state index < -0.39 is 0 Å². The van der Waals surface area contributed by atoms with Crippen molar-refractivity contribution in [2.24, 2.45) is 5.73 Å². The average molecular weight is 281 g/mol. The van der Waals surface area contributed by atoms with Gasteiger partial charge in [0.1, 0.15) is 0 Å². The summed E-state index contributed by atoms with van der Waals surface area (Å²) in [5.74, 6) is 0. The van der Waals surface area contributed by atoms with E-state index in [1.807, 2.05) is 32.2 Å². The van der Waals surface area contributed by atoms with Crippen LogP contribution in [0.25, 0.3) is 0 Å². The van der Waals surface area contributed by atoms with Crippen molar-refractivity contribution < 1.29 is 0 Å². The first-order chi connectivity index (χ1) is 8.58. The molecule has 1 unspecified atom stereocenters. The normalized spacial score (nSPS) is 12.4. The van der Waals surface area contributed by atoms with Crippen molar-refractivity contribution >= 4 is 28.6 Å². The molecular formula is C14H17ClN2S. The Morgan fingerprint density at radius 2 is 2.17 bits per heavy atom. The average Bonchev–Trinajstić information content (AvgIpc) is 2.81. The Morgan fingerprint density at radius 1 is 1.39 bits per heavy atom. The SMILES string of the molecule is CC(N)c1ccc(N(C)Cc2cccs2)c(Cl)c1. The molecule has 2 nitrogen and oxygen atoms in total. The topological polar surface area (TPSA) is 29.3 Å². The van der Waals surface area contributed by atoms with Crippen LogP contribution in [0.15, 0.2) is 35.7 Å². The minimum absolute atomic E-state index is 0.0131. The second-order valence-electron chi connectivity index (χ2n) is 4.43. The summed E-state index contributed by atoms with van der Waals surface area (Å²) in [5.41, 5.74) is 7.95. The third-order valence-corrected chi connectivity index (χ3v) is 4.05. The largest absolute Gasteiger partial charge is 0.368 e. The minimum atomic E-state index is 0.0131. The lowest BCUT2D eigenvalue weighted by molar-refractivity contribution is 0.817. The van der Waals surface area contributed by atoms with Gasteiger partial charge in [-0.2, -0.15) is 0 Å². The Hall–Kier alpha value is -1.03. The van der Waals surface area contributed by atoms with Gasteiger partial charge in [0.2, 0.25) is 0 Å². The predicted octanol–water partition coefficient (Wildman–Crippen LogP) is 4.06. The van der Waals surface area contributed by atoms with Crippen molar-refractivity contribution in [2.75, 3.05) is 11.9 Å². The molecule has 0 radical (unpaired) electrons. The Balaban J connectivity index is 2.17. The van der Waals surface area contributed by atoms with Gasteiger partial charge in [-0.1, -0.05) is 23.7 Å². The Morgan fingerprint density at radius 3 is 2.72 bits per heavy atom. The van der Waals surface area contributed by atoms with E-state index in [0.717, 1.165) is 22.8 Å². The summed E-state index contributed by atoms with van der Waals surface area (Å²) in [5, 5.41) is 2.84. The molecule has 18 heavy (non-hydrogen) atoms. The van der Waals surface area contributed by atoms with Crippen LogP contribution in [0.1, 0.15) is 23.4 Å². The third kappa shape index (κ3) is 3.05. The first-order valence-corrected chi connectivity index (χ1v) is 7.12. The molecule has 1 aromatic heterocycles. The molecule has 1 aromatic carbocycles. The quantitative estimate of drug-likeness (QED) is 0.915. The molecular weight excluding hydrogens is 264 g/mol. The monoisotopic (exact) mass is 280 g/mol. The fourth-order valence-corrected chi connectivity index (χ4v) is 2.93. The van der Waals surface area contributed by atoms with Gasteiger partial charge in [0.15, 0.2) is 0 Å². The number of thiophene rings is 1. The molecule has 0 aliphatic rings. The van der Waals surface area contributed by atoms with E-state index in [-0.39, 0.29) is 6.04 Å². The predicted molar refractivity (Wildman–Crippen MR) is 80.5 cm³/mol. The van der Waals surface area contributed by atoms with Crippen LogP contribution in [0.2, 0.25) is 5.02 Å². The van der Waals surface area contributed by atoms with Crippen LogP contribution < -0.4 is 10.6 Å². The fraction of sp³-hybridized carbons (Fsp3) is 0.286. The fourth-order valence-electron chi connectivity index (χ4n) is 1.84. The van der Waals surface area contributed by atoms with Crippen molar-refractivity contribution in [3.05, 3.63) is 51.2 Å². The number of nitrogens with zero attached hydrogens (tertiary/aromatic N) is 1. The maximum atomic E-state index is 6.31. The molecule has 2 aromatic rings. The van der Waals surface area contributed by atoms with Crippen molar-refractivity contribution in [1.82, 2.24) is 0 Å². The zero-order valence-corrected chi connectivity index (χ0v) is 12.1. The standard InChI is InChI=1S/C14H17ClN2S/c1-10(16)11-5-6-14(13(15)8-11)17(2)9-12-4-3-7-18-12/h3-8,10H,9,16H2,1-2H3. The lowest BCUT2D eigenvalue weighted by Crippen LogP contribution is -2.16. The zero-order chi connectivity index (χ0) is 13.1. The summed E-state index contributed by atoms with van der Waals surface area (Å²) in [6.45, 7) is 2.83. The number of rotatable bonds is 4. The van der Waals surface area contributed by atoms with Crippen LogP contribution in [-0.2, 0) is 6.54 Å². The molecule has 1 heterocycles. The van der Waals surface area contributed by atoms with Crippen LogP contribution in [0.4, 0.5) is 5.69 Å². The van der Waals surface area contributed by atoms with E-state index in [2.05, 4.69) is 22.4 Å². The van der Waals surface area contributed by atoms with E-state index in [4.69, 9.17) is 17.3 Å². The molecule has 96 valence electrons. The summed E-state index contributed by atoms with van der Waals surface area (Å²) in [7, 11) is 2.05. The summed E-state index contributed by atoms with van der Waals surface area (Å²) < 4.78 is 0. The lowest BCUT2D eigenvalue weighted by atomic mass is 10.1. The number of nitrogens with two attached hydrogens (primary N) is 1. The Kier molecular flexibility index (Phi) is 4.27. The van der Waals surface area contributed by atoms with Crippen LogP contribution in [0, 0.1) is 0 Å². The van der Waals surface area contributed by atoms with Crippen LogP contribution >= 0.6 is 22.9 Å². The van der Waals surface area contributed by atoms with Gasteiger partial charge < -0.3 is 10.6 Å². The first-order valence-electron chi connectivity index (χ1n) is 5.86. The second-order valence-corrected chi connectivity index (χ2v) is 5.87. The van der Waals surface area contributed by atoms with Crippen molar-refractivity contribution in [1.29, 1.82) is 0 Å². The summed E-state index contributed by atoms with van der Waals surface area (Å²) in [4.78, 5) is 3.48. The van der Waals surface area contributed by atoms with Gasteiger partial charge in [-0.3, -0.25) is 0 Å². The molecule has 0 bridgehead atoms.